The average molecular weight is 1280 g/mol. The first-order valence-corrected chi connectivity index (χ1v) is 31.8. The van der Waals surface area contributed by atoms with E-state index in [1.807, 2.05) is 121 Å². The van der Waals surface area contributed by atoms with Gasteiger partial charge in [-0.2, -0.15) is 12.2 Å². The minimum atomic E-state index is -2.02. The SMILES string of the molecule is O=C([C-]=Cc1ccccc1)C=Cc1ccccc1.O=C([C-]=Cc1ccccc1)C=Cc1ccccc1.[Cl][Pd+].[Pd+2].c1ccc([P+]([CH-]CC[P+](c2ccccc2)(c2ccccc2)c2ccccc2)(c2ccccc2)c2ccccc2)cc1. The van der Waals surface area contributed by atoms with Gasteiger partial charge in [0, 0.05) is 6.16 Å². The first kappa shape index (κ1) is 62.2. The van der Waals surface area contributed by atoms with Gasteiger partial charge < -0.3 is 9.59 Å². The van der Waals surface area contributed by atoms with E-state index in [4.69, 9.17) is 0 Å². The van der Waals surface area contributed by atoms with Gasteiger partial charge in [-0.1, -0.05) is 206 Å². The third kappa shape index (κ3) is 18.5. The summed E-state index contributed by atoms with van der Waals surface area (Å²) in [6.07, 6.45) is 20.2. The normalized spacial score (nSPS) is 11.1. The predicted octanol–water partition coefficient (Wildman–Crippen LogP) is 15.8. The van der Waals surface area contributed by atoms with Gasteiger partial charge >= 0.3 is 48.1 Å². The Labute approximate surface area is 504 Å². The first-order valence-electron chi connectivity index (χ1n) is 25.9. The molecule has 10 aromatic carbocycles. The van der Waals surface area contributed by atoms with Gasteiger partial charge in [-0.25, -0.2) is 0 Å². The van der Waals surface area contributed by atoms with Crippen LogP contribution < -0.4 is 31.8 Å². The maximum atomic E-state index is 11.6. The molecular formula is C73H61ClO2P2Pd2+2. The van der Waals surface area contributed by atoms with E-state index >= 15 is 0 Å². The van der Waals surface area contributed by atoms with Crippen LogP contribution in [0.2, 0.25) is 0 Å². The third-order valence-electron chi connectivity index (χ3n) is 12.8. The quantitative estimate of drug-likeness (QED) is 0.0371. The van der Waals surface area contributed by atoms with Crippen LogP contribution in [0.3, 0.4) is 0 Å². The number of halogens is 1. The van der Waals surface area contributed by atoms with Crippen LogP contribution in [-0.4, -0.2) is 17.7 Å². The molecular weight excluding hydrogens is 1220 g/mol. The molecule has 0 aliphatic rings. The largest absolute Gasteiger partial charge is 2.00 e. The second kappa shape index (κ2) is 34.9. The number of hydrogen-bond donors (Lipinski definition) is 0. The van der Waals surface area contributed by atoms with Gasteiger partial charge in [0.05, 0.1) is 27.5 Å². The van der Waals surface area contributed by atoms with Crippen LogP contribution >= 0.6 is 24.1 Å². The molecule has 0 radical (unpaired) electrons. The molecule has 0 aliphatic carbocycles. The number of allylic oxidation sites excluding steroid dienone is 4. The van der Waals surface area contributed by atoms with Gasteiger partial charge in [0.15, 0.2) is 0 Å². The number of ketones is 2. The molecule has 0 heterocycles. The van der Waals surface area contributed by atoms with Crippen molar-refractivity contribution >= 4 is 91.8 Å². The van der Waals surface area contributed by atoms with Crippen molar-refractivity contribution in [2.75, 3.05) is 6.16 Å². The van der Waals surface area contributed by atoms with Gasteiger partial charge in [0.1, 0.15) is 23.2 Å². The molecule has 0 N–H and O–H groups in total. The Morgan fingerprint density at radius 1 is 0.350 bits per heavy atom. The molecule has 0 saturated heterocycles. The molecule has 80 heavy (non-hydrogen) atoms. The van der Waals surface area contributed by atoms with E-state index < -0.39 is 14.5 Å². The monoisotopic (exact) mass is 1280 g/mol. The van der Waals surface area contributed by atoms with Crippen LogP contribution in [0.15, 0.2) is 315 Å². The van der Waals surface area contributed by atoms with Crippen LogP contribution in [0.5, 0.6) is 0 Å². The predicted molar refractivity (Wildman–Crippen MR) is 339 cm³/mol. The van der Waals surface area contributed by atoms with Gasteiger partial charge in [0.25, 0.3) is 0 Å². The van der Waals surface area contributed by atoms with Crippen molar-refractivity contribution in [1.29, 1.82) is 0 Å². The zero-order chi connectivity index (χ0) is 55.1. The minimum absolute atomic E-state index is 0. The average Bonchev–Trinajstić information content (AvgIpc) is 3.57. The summed E-state index contributed by atoms with van der Waals surface area (Å²) in [4.78, 5) is 23.1. The maximum Gasteiger partial charge on any atom is 2.00 e. The van der Waals surface area contributed by atoms with Crippen LogP contribution in [0.4, 0.5) is 0 Å². The summed E-state index contributed by atoms with van der Waals surface area (Å²) in [5.41, 5.74) is 3.96. The van der Waals surface area contributed by atoms with Crippen molar-refractivity contribution in [3.8, 4) is 0 Å². The zero-order valence-corrected chi connectivity index (χ0v) is 49.7. The molecule has 0 fully saturated rings. The summed E-state index contributed by atoms with van der Waals surface area (Å²) in [6.45, 7) is 0. The van der Waals surface area contributed by atoms with Crippen molar-refractivity contribution in [2.24, 2.45) is 0 Å². The molecule has 0 aliphatic heterocycles. The third-order valence-corrected chi connectivity index (χ3v) is 21.4. The van der Waals surface area contributed by atoms with Gasteiger partial charge in [-0.15, -0.1) is 84.4 Å². The number of hydrogen-bond acceptors (Lipinski definition) is 2. The van der Waals surface area contributed by atoms with Crippen molar-refractivity contribution in [3.05, 3.63) is 356 Å². The number of rotatable bonds is 18. The maximum absolute atomic E-state index is 11.6. The van der Waals surface area contributed by atoms with E-state index in [1.54, 1.807) is 24.3 Å². The molecule has 0 spiro atoms. The second-order valence-corrected chi connectivity index (χ2v) is 24.8. The standard InChI is InChI=1S/C39H35P2.2C17H13O.ClH.2Pd/c1-7-20-34(21-8-1)40(35-22-9-2-10-23-35,36-24-11-3-12-25-36)32-19-33-41(37-26-13-4-14-27-37,38-28-15-5-16-29-38)39-30-17-6-18-31-39;2*18-17(13-11-15-7-3-1-4-8-15)14-12-16-9-5-2-6-10-16;;;/h1-18,20-32H,19,33H2;2*1-13H;1H;;/q+1;2*-1;;2*+2/p-1. The molecule has 0 saturated carbocycles. The minimum Gasteiger partial charge on any atom is -0.147 e. The summed E-state index contributed by atoms with van der Waals surface area (Å²) >= 11 is 2.22. The molecule has 400 valence electrons. The smallest absolute Gasteiger partial charge is 0.147 e. The Morgan fingerprint density at radius 2 is 0.575 bits per heavy atom. The van der Waals surface area contributed by atoms with E-state index in [1.165, 1.54) is 44.0 Å². The van der Waals surface area contributed by atoms with E-state index in [2.05, 4.69) is 228 Å². The summed E-state index contributed by atoms with van der Waals surface area (Å²) < 4.78 is 0. The second-order valence-electron chi connectivity index (χ2n) is 17.9. The zero-order valence-electron chi connectivity index (χ0n) is 44.0. The van der Waals surface area contributed by atoms with Crippen molar-refractivity contribution < 1.29 is 48.2 Å². The van der Waals surface area contributed by atoms with Crippen LogP contribution in [0.25, 0.3) is 24.3 Å². The topological polar surface area (TPSA) is 34.1 Å². The Bertz CT molecular complexity index is 2900. The van der Waals surface area contributed by atoms with Crippen LogP contribution in [-0.2, 0) is 48.2 Å². The molecule has 0 bridgehead atoms. The van der Waals surface area contributed by atoms with Crippen molar-refractivity contribution in [2.45, 2.75) is 6.42 Å². The number of carbonyl (C=O) groups is 2. The fraction of sp³-hybridized carbons (Fsp3) is 0.0274. The number of carbonyl (C=O) groups excluding carboxylic acids is 2. The van der Waals surface area contributed by atoms with E-state index in [9.17, 15) is 9.59 Å². The molecule has 0 atom stereocenters. The Kier molecular flexibility index (Phi) is 27.1. The molecule has 7 heteroatoms. The summed E-state index contributed by atoms with van der Waals surface area (Å²) in [7, 11) is 0.540. The summed E-state index contributed by atoms with van der Waals surface area (Å²) in [5.74, 6) is -0.273. The van der Waals surface area contributed by atoms with Crippen LogP contribution in [0, 0.1) is 18.3 Å². The first-order chi connectivity index (χ1) is 39.0. The fourth-order valence-corrected chi connectivity index (χ4v) is 17.5. The fourth-order valence-electron chi connectivity index (χ4n) is 9.06. The Balaban J connectivity index is 0.000000219. The molecule has 2 nitrogen and oxygen atoms in total. The Morgan fingerprint density at radius 3 is 0.838 bits per heavy atom. The molecule has 0 unspecified atom stereocenters. The van der Waals surface area contributed by atoms with Crippen molar-refractivity contribution in [1.82, 2.24) is 0 Å². The Hall–Kier alpha value is -7.03. The van der Waals surface area contributed by atoms with Crippen molar-refractivity contribution in [3.63, 3.8) is 0 Å². The van der Waals surface area contributed by atoms with Gasteiger partial charge in [0.2, 0.25) is 0 Å². The number of benzene rings is 10. The molecule has 10 rings (SSSR count). The molecule has 0 aromatic heterocycles. The summed E-state index contributed by atoms with van der Waals surface area (Å²) in [5, 5.41) is 8.53. The molecule has 0 amide bonds. The van der Waals surface area contributed by atoms with Crippen LogP contribution in [0.1, 0.15) is 28.7 Å². The van der Waals surface area contributed by atoms with E-state index in [-0.39, 0.29) is 32.0 Å². The molecule has 10 aromatic rings. The van der Waals surface area contributed by atoms with E-state index in [0.29, 0.717) is 0 Å². The van der Waals surface area contributed by atoms with Gasteiger partial charge in [-0.05, 0) is 91.2 Å². The van der Waals surface area contributed by atoms with E-state index in [0.717, 1.165) is 34.8 Å². The van der Waals surface area contributed by atoms with Gasteiger partial charge in [-0.3, -0.25) is 0 Å². The summed E-state index contributed by atoms with van der Waals surface area (Å²) in [6, 6.07) is 106.